The summed E-state index contributed by atoms with van der Waals surface area (Å²) in [5, 5.41) is 0. The highest BCUT2D eigenvalue weighted by molar-refractivity contribution is 5.81. The molecule has 14 heavy (non-hydrogen) atoms. The highest BCUT2D eigenvalue weighted by Crippen LogP contribution is 2.37. The maximum Gasteiger partial charge on any atom is 0.225 e. The molecule has 0 atom stereocenters. The number of carbonyl (C=O) groups excluding carboxylic acids is 1. The maximum absolute atomic E-state index is 11.8. The fourth-order valence-corrected chi connectivity index (χ4v) is 2.36. The zero-order valence-corrected chi connectivity index (χ0v) is 8.59. The highest BCUT2D eigenvalue weighted by atomic mass is 16.2. The lowest BCUT2D eigenvalue weighted by Crippen LogP contribution is -2.37. The van der Waals surface area contributed by atoms with Crippen molar-refractivity contribution in [3.05, 3.63) is 11.1 Å². The predicted molar refractivity (Wildman–Crippen MR) is 54.8 cm³/mol. The third-order valence-corrected chi connectivity index (χ3v) is 3.61. The second-order valence-electron chi connectivity index (χ2n) is 4.81. The number of nitrogens with zero attached hydrogens (tertiary/aromatic N) is 1. The van der Waals surface area contributed by atoms with Gasteiger partial charge in [0.15, 0.2) is 0 Å². The van der Waals surface area contributed by atoms with Gasteiger partial charge in [-0.1, -0.05) is 11.1 Å². The molecule has 0 spiro atoms. The van der Waals surface area contributed by atoms with Crippen LogP contribution in [0.4, 0.5) is 0 Å². The first kappa shape index (κ1) is 8.51. The van der Waals surface area contributed by atoms with Crippen LogP contribution in [0.25, 0.3) is 0 Å². The van der Waals surface area contributed by atoms with Crippen LogP contribution in [0.3, 0.4) is 0 Å². The average Bonchev–Trinajstić information content (AvgIpc) is 3.05. The normalized spacial score (nSPS) is 26.7. The van der Waals surface area contributed by atoms with Gasteiger partial charge in [0.2, 0.25) is 5.91 Å². The molecule has 0 N–H and O–H groups in total. The van der Waals surface area contributed by atoms with E-state index in [9.17, 15) is 4.79 Å². The van der Waals surface area contributed by atoms with Crippen molar-refractivity contribution in [1.29, 1.82) is 0 Å². The summed E-state index contributed by atoms with van der Waals surface area (Å²) < 4.78 is 0. The number of amides is 1. The van der Waals surface area contributed by atoms with E-state index in [1.165, 1.54) is 12.8 Å². The van der Waals surface area contributed by atoms with Crippen molar-refractivity contribution in [1.82, 2.24) is 4.90 Å². The van der Waals surface area contributed by atoms with Crippen LogP contribution < -0.4 is 0 Å². The fraction of sp³-hybridized carbons (Fsp3) is 0.750. The smallest absolute Gasteiger partial charge is 0.225 e. The Morgan fingerprint density at radius 3 is 2.07 bits per heavy atom. The van der Waals surface area contributed by atoms with E-state index in [1.54, 1.807) is 11.1 Å². The minimum Gasteiger partial charge on any atom is -0.342 e. The molecule has 2 nitrogen and oxygen atoms in total. The second kappa shape index (κ2) is 3.11. The third-order valence-electron chi connectivity index (χ3n) is 3.61. The first-order chi connectivity index (χ1) is 6.84. The Kier molecular flexibility index (Phi) is 1.89. The Labute approximate surface area is 85.0 Å². The van der Waals surface area contributed by atoms with E-state index in [0.717, 1.165) is 38.8 Å². The van der Waals surface area contributed by atoms with E-state index in [-0.39, 0.29) is 0 Å². The van der Waals surface area contributed by atoms with Gasteiger partial charge in [-0.3, -0.25) is 4.79 Å². The predicted octanol–water partition coefficient (Wildman–Crippen LogP) is 2.11. The second-order valence-corrected chi connectivity index (χ2v) is 4.81. The summed E-state index contributed by atoms with van der Waals surface area (Å²) in [6.07, 6.45) is 7.28. The van der Waals surface area contributed by atoms with Crippen LogP contribution in [0.5, 0.6) is 0 Å². The van der Waals surface area contributed by atoms with Gasteiger partial charge in [-0.25, -0.2) is 0 Å². The number of hydrogen-bond acceptors (Lipinski definition) is 1. The van der Waals surface area contributed by atoms with Crippen LogP contribution in [0.1, 0.15) is 38.5 Å². The minimum absolute atomic E-state index is 0.408. The van der Waals surface area contributed by atoms with Gasteiger partial charge in [-0.2, -0.15) is 0 Å². The average molecular weight is 191 g/mol. The lowest BCUT2D eigenvalue weighted by Gasteiger charge is -2.28. The molecule has 0 aromatic rings. The zero-order chi connectivity index (χ0) is 9.54. The van der Waals surface area contributed by atoms with Crippen LogP contribution in [-0.4, -0.2) is 23.9 Å². The molecule has 2 aliphatic carbocycles. The first-order valence-corrected chi connectivity index (χ1v) is 5.83. The molecule has 0 bridgehead atoms. The number of likely N-dealkylation sites (tertiary alicyclic amines) is 1. The van der Waals surface area contributed by atoms with E-state index < -0.39 is 0 Å². The monoisotopic (exact) mass is 191 g/mol. The molecule has 3 fully saturated rings. The number of piperidine rings is 1. The van der Waals surface area contributed by atoms with Gasteiger partial charge in [0.1, 0.15) is 0 Å². The quantitative estimate of drug-likeness (QED) is 0.581. The molecule has 0 radical (unpaired) electrons. The van der Waals surface area contributed by atoms with Crippen molar-refractivity contribution in [3.63, 3.8) is 0 Å². The van der Waals surface area contributed by atoms with Gasteiger partial charge in [0.05, 0.1) is 0 Å². The maximum atomic E-state index is 11.8. The standard InChI is InChI=1S/C12H17NO/c14-12(11-3-4-11)13-7-5-10(6-8-13)9-1-2-9/h11H,1-8H2. The molecular formula is C12H17NO. The van der Waals surface area contributed by atoms with Crippen molar-refractivity contribution in [2.75, 3.05) is 13.1 Å². The van der Waals surface area contributed by atoms with Crippen molar-refractivity contribution in [2.24, 2.45) is 5.92 Å². The number of hydrogen-bond donors (Lipinski definition) is 0. The van der Waals surface area contributed by atoms with Crippen molar-refractivity contribution < 1.29 is 4.79 Å². The summed E-state index contributed by atoms with van der Waals surface area (Å²) in [6.45, 7) is 1.99. The van der Waals surface area contributed by atoms with Crippen LogP contribution >= 0.6 is 0 Å². The first-order valence-electron chi connectivity index (χ1n) is 5.83. The molecule has 0 unspecified atom stereocenters. The van der Waals surface area contributed by atoms with Gasteiger partial charge in [-0.15, -0.1) is 0 Å². The van der Waals surface area contributed by atoms with E-state index in [1.807, 2.05) is 0 Å². The molecular weight excluding hydrogens is 174 g/mol. The molecule has 1 saturated heterocycles. The Hall–Kier alpha value is -0.790. The van der Waals surface area contributed by atoms with Crippen LogP contribution in [0.2, 0.25) is 0 Å². The van der Waals surface area contributed by atoms with Crippen molar-refractivity contribution >= 4 is 5.91 Å². The molecule has 2 saturated carbocycles. The van der Waals surface area contributed by atoms with Crippen molar-refractivity contribution in [2.45, 2.75) is 38.5 Å². The largest absolute Gasteiger partial charge is 0.342 e. The Morgan fingerprint density at radius 1 is 1.00 bits per heavy atom. The molecule has 0 aromatic heterocycles. The molecule has 3 aliphatic rings. The molecule has 1 amide bonds. The zero-order valence-electron chi connectivity index (χ0n) is 8.59. The SMILES string of the molecule is O=C(C1CC1)N1CCC(=C2CC2)CC1. The lowest BCUT2D eigenvalue weighted by atomic mass is 10.0. The topological polar surface area (TPSA) is 20.3 Å². The van der Waals surface area contributed by atoms with Crippen LogP contribution in [-0.2, 0) is 4.79 Å². The molecule has 2 heteroatoms. The minimum atomic E-state index is 0.408. The molecule has 1 aliphatic heterocycles. The fourth-order valence-electron chi connectivity index (χ4n) is 2.36. The van der Waals surface area contributed by atoms with E-state index >= 15 is 0 Å². The van der Waals surface area contributed by atoms with Crippen LogP contribution in [0.15, 0.2) is 11.1 Å². The molecule has 0 aromatic carbocycles. The summed E-state index contributed by atoms with van der Waals surface area (Å²) in [5.41, 5.74) is 3.37. The van der Waals surface area contributed by atoms with Crippen LogP contribution in [0, 0.1) is 5.92 Å². The number of allylic oxidation sites excluding steroid dienone is 1. The Balaban J connectivity index is 1.59. The molecule has 3 rings (SSSR count). The van der Waals surface area contributed by atoms with Crippen molar-refractivity contribution in [3.8, 4) is 0 Å². The number of rotatable bonds is 1. The lowest BCUT2D eigenvalue weighted by molar-refractivity contribution is -0.132. The van der Waals surface area contributed by atoms with E-state index in [0.29, 0.717) is 11.8 Å². The van der Waals surface area contributed by atoms with Gasteiger partial charge >= 0.3 is 0 Å². The molecule has 1 heterocycles. The summed E-state index contributed by atoms with van der Waals surface area (Å²) in [7, 11) is 0. The third kappa shape index (κ3) is 1.58. The van der Waals surface area contributed by atoms with Gasteiger partial charge in [0.25, 0.3) is 0 Å². The summed E-state index contributed by atoms with van der Waals surface area (Å²) in [6, 6.07) is 0. The Bertz CT molecular complexity index is 285. The Morgan fingerprint density at radius 2 is 1.57 bits per heavy atom. The summed E-state index contributed by atoms with van der Waals surface area (Å²) >= 11 is 0. The summed E-state index contributed by atoms with van der Waals surface area (Å²) in [5.74, 6) is 0.843. The van der Waals surface area contributed by atoms with E-state index in [2.05, 4.69) is 4.90 Å². The van der Waals surface area contributed by atoms with Gasteiger partial charge in [0, 0.05) is 19.0 Å². The van der Waals surface area contributed by atoms with Gasteiger partial charge in [-0.05, 0) is 38.5 Å². The molecule has 76 valence electrons. The van der Waals surface area contributed by atoms with Gasteiger partial charge < -0.3 is 4.90 Å². The van der Waals surface area contributed by atoms with E-state index in [4.69, 9.17) is 0 Å². The summed E-state index contributed by atoms with van der Waals surface area (Å²) in [4.78, 5) is 13.8. The number of carbonyl (C=O) groups is 1. The highest BCUT2D eigenvalue weighted by Gasteiger charge is 2.34.